The van der Waals surface area contributed by atoms with Gasteiger partial charge < -0.3 is 0 Å². The molecule has 1 atom stereocenters. The van der Waals surface area contributed by atoms with Crippen LogP contribution < -0.4 is 0 Å². The summed E-state index contributed by atoms with van der Waals surface area (Å²) in [6.45, 7) is 2.21. The number of nitrogens with zero attached hydrogens (tertiary/aromatic N) is 2. The fourth-order valence-corrected chi connectivity index (χ4v) is 3.85. The normalized spacial score (nSPS) is 23.1. The van der Waals surface area contributed by atoms with E-state index in [1.165, 1.54) is 11.8 Å². The van der Waals surface area contributed by atoms with Crippen molar-refractivity contribution in [1.29, 1.82) is 0 Å². The number of nitroso groups, excluding NO2 is 1. The lowest BCUT2D eigenvalue weighted by atomic mass is 10.0. The predicted molar refractivity (Wildman–Crippen MR) is 80.6 cm³/mol. The lowest BCUT2D eigenvalue weighted by Gasteiger charge is -2.28. The molecule has 1 unspecified atom stereocenters. The van der Waals surface area contributed by atoms with Crippen molar-refractivity contribution in [2.45, 2.75) is 19.0 Å². The fraction of sp³-hybridized carbons (Fsp3) is 0.357. The Labute approximate surface area is 126 Å². The van der Waals surface area contributed by atoms with E-state index in [1.807, 2.05) is 24.3 Å². The van der Waals surface area contributed by atoms with Gasteiger partial charge >= 0.3 is 0 Å². The molecule has 0 saturated heterocycles. The molecule has 2 aliphatic heterocycles. The van der Waals surface area contributed by atoms with Crippen molar-refractivity contribution in [2.75, 3.05) is 13.1 Å². The van der Waals surface area contributed by atoms with Crippen molar-refractivity contribution < 1.29 is 4.79 Å². The van der Waals surface area contributed by atoms with Crippen LogP contribution in [0.2, 0.25) is 5.02 Å². The Morgan fingerprint density at radius 2 is 2.20 bits per heavy atom. The van der Waals surface area contributed by atoms with Crippen LogP contribution in [0.3, 0.4) is 0 Å². The van der Waals surface area contributed by atoms with E-state index >= 15 is 0 Å². The van der Waals surface area contributed by atoms with E-state index in [-0.39, 0.29) is 5.12 Å². The highest BCUT2D eigenvalue weighted by molar-refractivity contribution is 8.17. The van der Waals surface area contributed by atoms with E-state index in [1.54, 1.807) is 0 Å². The van der Waals surface area contributed by atoms with Crippen LogP contribution in [-0.4, -0.2) is 29.1 Å². The van der Waals surface area contributed by atoms with E-state index in [0.29, 0.717) is 6.54 Å². The summed E-state index contributed by atoms with van der Waals surface area (Å²) in [5.74, 6) is 0. The molecule has 1 aromatic carbocycles. The molecule has 0 aromatic heterocycles. The Bertz CT molecular complexity index is 603. The topological polar surface area (TPSA) is 49.7 Å². The number of halogens is 1. The number of thioether (sulfide) groups is 1. The van der Waals surface area contributed by atoms with Crippen molar-refractivity contribution in [3.05, 3.63) is 50.2 Å². The van der Waals surface area contributed by atoms with Crippen molar-refractivity contribution in [3.63, 3.8) is 0 Å². The van der Waals surface area contributed by atoms with Crippen molar-refractivity contribution in [3.8, 4) is 0 Å². The van der Waals surface area contributed by atoms with E-state index in [2.05, 4.69) is 10.1 Å². The maximum Gasteiger partial charge on any atom is 0.225 e. The zero-order valence-corrected chi connectivity index (χ0v) is 12.3. The average molecular weight is 309 g/mol. The van der Waals surface area contributed by atoms with Gasteiger partial charge in [0.2, 0.25) is 5.12 Å². The van der Waals surface area contributed by atoms with Gasteiger partial charge in [-0.05, 0) is 28.5 Å². The van der Waals surface area contributed by atoms with Gasteiger partial charge in [0.1, 0.15) is 0 Å². The molecule has 2 heterocycles. The van der Waals surface area contributed by atoms with Crippen LogP contribution in [0.4, 0.5) is 0 Å². The number of carbonyl (C=O) groups excluding carboxylic acids is 1. The van der Waals surface area contributed by atoms with Gasteiger partial charge in [-0.1, -0.05) is 46.7 Å². The van der Waals surface area contributed by atoms with Crippen molar-refractivity contribution >= 4 is 28.5 Å². The molecule has 1 aromatic rings. The van der Waals surface area contributed by atoms with Crippen LogP contribution >= 0.6 is 23.4 Å². The highest BCUT2D eigenvalue weighted by Gasteiger charge is 2.38. The second-order valence-corrected chi connectivity index (χ2v) is 6.44. The molecule has 0 saturated carbocycles. The zero-order chi connectivity index (χ0) is 14.1. The summed E-state index contributed by atoms with van der Waals surface area (Å²) in [6, 6.07) is 6.94. The molecule has 0 fully saturated rings. The van der Waals surface area contributed by atoms with Gasteiger partial charge in [0.05, 0.1) is 0 Å². The highest BCUT2D eigenvalue weighted by atomic mass is 35.5. The third-order valence-corrected chi connectivity index (χ3v) is 5.15. The smallest absolute Gasteiger partial charge is 0.225 e. The monoisotopic (exact) mass is 308 g/mol. The van der Waals surface area contributed by atoms with Crippen LogP contribution in [0.5, 0.6) is 0 Å². The maximum absolute atomic E-state index is 11.7. The molecule has 2 aliphatic rings. The van der Waals surface area contributed by atoms with Gasteiger partial charge in [-0.15, -0.1) is 4.91 Å². The van der Waals surface area contributed by atoms with Gasteiger partial charge in [-0.3, -0.25) is 9.69 Å². The van der Waals surface area contributed by atoms with Gasteiger partial charge in [-0.2, -0.15) is 0 Å². The molecular weight excluding hydrogens is 296 g/mol. The number of carbonyl (C=O) groups is 1. The first-order valence-electron chi connectivity index (χ1n) is 6.41. The SMILES string of the molecule is O=NC1C(=O)SC2=C1CN(Cc1ccccc1Cl)CC2. The number of hydrogen-bond acceptors (Lipinski definition) is 5. The molecule has 104 valence electrons. The van der Waals surface area contributed by atoms with Crippen LogP contribution in [0.15, 0.2) is 39.9 Å². The molecule has 0 N–H and O–H groups in total. The van der Waals surface area contributed by atoms with Crippen molar-refractivity contribution in [2.24, 2.45) is 5.18 Å². The first-order chi connectivity index (χ1) is 9.69. The minimum atomic E-state index is -0.788. The number of hydrogen-bond donors (Lipinski definition) is 0. The largest absolute Gasteiger partial charge is 0.295 e. The molecule has 3 rings (SSSR count). The first-order valence-corrected chi connectivity index (χ1v) is 7.60. The first kappa shape index (κ1) is 13.8. The maximum atomic E-state index is 11.7. The van der Waals surface area contributed by atoms with Crippen LogP contribution in [0, 0.1) is 4.91 Å². The third-order valence-electron chi connectivity index (χ3n) is 3.64. The molecule has 20 heavy (non-hydrogen) atoms. The minimum absolute atomic E-state index is 0.135. The Morgan fingerprint density at radius 3 is 2.95 bits per heavy atom. The summed E-state index contributed by atoms with van der Waals surface area (Å²) in [5, 5.41) is 3.59. The van der Waals surface area contributed by atoms with E-state index in [4.69, 9.17) is 11.6 Å². The Hall–Kier alpha value is -1.17. The lowest BCUT2D eigenvalue weighted by molar-refractivity contribution is -0.111. The quantitative estimate of drug-likeness (QED) is 0.805. The van der Waals surface area contributed by atoms with E-state index in [0.717, 1.165) is 40.6 Å². The number of benzene rings is 1. The standard InChI is InChI=1S/C14H13ClN2O2S/c15-11-4-2-1-3-9(11)7-17-6-5-12-10(8-17)13(16-19)14(18)20-12/h1-4,13H,5-8H2. The molecule has 0 radical (unpaired) electrons. The summed E-state index contributed by atoms with van der Waals surface area (Å²) >= 11 is 7.36. The second-order valence-electron chi connectivity index (χ2n) is 4.93. The number of rotatable bonds is 3. The van der Waals surface area contributed by atoms with Crippen LogP contribution in [0.25, 0.3) is 0 Å². The summed E-state index contributed by atoms with van der Waals surface area (Å²) in [5.41, 5.74) is 1.94. The highest BCUT2D eigenvalue weighted by Crippen LogP contribution is 2.40. The summed E-state index contributed by atoms with van der Waals surface area (Å²) in [6.07, 6.45) is 0.808. The Balaban J connectivity index is 1.75. The van der Waals surface area contributed by atoms with Gasteiger partial charge in [0, 0.05) is 24.7 Å². The summed E-state index contributed by atoms with van der Waals surface area (Å²) < 4.78 is 0. The summed E-state index contributed by atoms with van der Waals surface area (Å²) in [7, 11) is 0. The Morgan fingerprint density at radius 1 is 1.40 bits per heavy atom. The zero-order valence-electron chi connectivity index (χ0n) is 10.7. The molecule has 0 bridgehead atoms. The Kier molecular flexibility index (Phi) is 3.92. The molecule has 0 aliphatic carbocycles. The minimum Gasteiger partial charge on any atom is -0.295 e. The summed E-state index contributed by atoms with van der Waals surface area (Å²) in [4.78, 5) is 25.8. The molecule has 0 spiro atoms. The lowest BCUT2D eigenvalue weighted by Crippen LogP contribution is -2.33. The predicted octanol–water partition coefficient (Wildman–Crippen LogP) is 3.21. The molecular formula is C14H13ClN2O2S. The average Bonchev–Trinajstić information content (AvgIpc) is 2.76. The molecule has 4 nitrogen and oxygen atoms in total. The van der Waals surface area contributed by atoms with E-state index < -0.39 is 6.04 Å². The second kappa shape index (κ2) is 5.68. The van der Waals surface area contributed by atoms with Crippen molar-refractivity contribution in [1.82, 2.24) is 4.90 Å². The van der Waals surface area contributed by atoms with E-state index in [9.17, 15) is 9.70 Å². The van der Waals surface area contributed by atoms with Crippen LogP contribution in [-0.2, 0) is 11.3 Å². The molecule has 0 amide bonds. The fourth-order valence-electron chi connectivity index (χ4n) is 2.61. The van der Waals surface area contributed by atoms with Gasteiger partial charge in [0.25, 0.3) is 0 Å². The molecule has 6 heteroatoms. The third kappa shape index (κ3) is 2.53. The van der Waals surface area contributed by atoms with Crippen LogP contribution in [0.1, 0.15) is 12.0 Å². The van der Waals surface area contributed by atoms with Gasteiger partial charge in [0.15, 0.2) is 6.04 Å². The van der Waals surface area contributed by atoms with Gasteiger partial charge in [-0.25, -0.2) is 0 Å².